The molecule has 2 aromatic rings. The zero-order chi connectivity index (χ0) is 14.8. The lowest BCUT2D eigenvalue weighted by Crippen LogP contribution is -2.04. The Labute approximate surface area is 112 Å². The Morgan fingerprint density at radius 1 is 1.00 bits per heavy atom. The van der Waals surface area contributed by atoms with Crippen LogP contribution in [0.4, 0.5) is 23.2 Å². The maximum atomic E-state index is 13.5. The highest BCUT2D eigenvalue weighted by atomic mass is 19.4. The summed E-state index contributed by atoms with van der Waals surface area (Å²) in [6, 6.07) is 8.36. The molecule has 0 saturated heterocycles. The summed E-state index contributed by atoms with van der Waals surface area (Å²) < 4.78 is 55.8. The molecule has 0 unspecified atom stereocenters. The lowest BCUT2D eigenvalue weighted by atomic mass is 10.2. The predicted molar refractivity (Wildman–Crippen MR) is 66.6 cm³/mol. The first-order valence-electron chi connectivity index (χ1n) is 5.70. The molecule has 0 radical (unpaired) electrons. The first kappa shape index (κ1) is 14.2. The minimum Gasteiger partial charge on any atom is -0.489 e. The smallest absolute Gasteiger partial charge is 0.416 e. The number of hydrogen-bond acceptors (Lipinski definition) is 2. The van der Waals surface area contributed by atoms with Crippen molar-refractivity contribution >= 4 is 5.69 Å². The van der Waals surface area contributed by atoms with Crippen LogP contribution in [-0.4, -0.2) is 0 Å². The summed E-state index contributed by atoms with van der Waals surface area (Å²) in [5.74, 6) is -0.286. The molecule has 20 heavy (non-hydrogen) atoms. The van der Waals surface area contributed by atoms with Gasteiger partial charge in [-0.25, -0.2) is 4.39 Å². The second-order valence-electron chi connectivity index (χ2n) is 4.16. The zero-order valence-corrected chi connectivity index (χ0v) is 10.2. The maximum Gasteiger partial charge on any atom is 0.416 e. The van der Waals surface area contributed by atoms with Crippen LogP contribution in [-0.2, 0) is 12.8 Å². The third-order valence-corrected chi connectivity index (χ3v) is 2.65. The van der Waals surface area contributed by atoms with E-state index in [4.69, 9.17) is 10.5 Å². The van der Waals surface area contributed by atoms with E-state index in [1.165, 1.54) is 24.3 Å². The van der Waals surface area contributed by atoms with Crippen molar-refractivity contribution in [2.45, 2.75) is 12.8 Å². The highest BCUT2D eigenvalue weighted by molar-refractivity contribution is 5.40. The predicted octanol–water partition coefficient (Wildman–Crippen LogP) is 4.01. The molecule has 0 aliphatic heterocycles. The van der Waals surface area contributed by atoms with Gasteiger partial charge in [-0.15, -0.1) is 0 Å². The van der Waals surface area contributed by atoms with Crippen LogP contribution in [0.15, 0.2) is 42.5 Å². The number of hydrogen-bond donors (Lipinski definition) is 1. The Morgan fingerprint density at radius 3 is 2.20 bits per heavy atom. The van der Waals surface area contributed by atoms with Gasteiger partial charge in [-0.2, -0.15) is 13.2 Å². The molecule has 106 valence electrons. The van der Waals surface area contributed by atoms with Crippen molar-refractivity contribution in [1.82, 2.24) is 0 Å². The minimum absolute atomic E-state index is 0.0858. The summed E-state index contributed by atoms with van der Waals surface area (Å²) in [5.41, 5.74) is 5.21. The van der Waals surface area contributed by atoms with E-state index in [-0.39, 0.29) is 17.9 Å². The highest BCUT2D eigenvalue weighted by Gasteiger charge is 2.29. The van der Waals surface area contributed by atoms with Gasteiger partial charge in [-0.05, 0) is 36.4 Å². The number of nitrogens with two attached hydrogens (primary N) is 1. The molecule has 0 atom stereocenters. The fraction of sp³-hybridized carbons (Fsp3) is 0.143. The molecule has 2 aromatic carbocycles. The van der Waals surface area contributed by atoms with E-state index in [0.29, 0.717) is 5.69 Å². The van der Waals surface area contributed by atoms with E-state index in [1.807, 2.05) is 0 Å². The SMILES string of the molecule is Nc1ccc(COc2ccc(C(F)(F)F)cc2)c(F)c1. The van der Waals surface area contributed by atoms with Gasteiger partial charge in [0.1, 0.15) is 18.2 Å². The van der Waals surface area contributed by atoms with Crippen molar-refractivity contribution in [3.63, 3.8) is 0 Å². The molecule has 0 aliphatic rings. The van der Waals surface area contributed by atoms with Crippen LogP contribution in [0.2, 0.25) is 0 Å². The second-order valence-corrected chi connectivity index (χ2v) is 4.16. The van der Waals surface area contributed by atoms with Crippen molar-refractivity contribution in [2.75, 3.05) is 5.73 Å². The standard InChI is InChI=1S/C14H11F4NO/c15-13-7-11(19)4-1-9(13)8-20-12-5-2-10(3-6-12)14(16,17)18/h1-7H,8,19H2. The van der Waals surface area contributed by atoms with Gasteiger partial charge in [0.05, 0.1) is 5.56 Å². The third-order valence-electron chi connectivity index (χ3n) is 2.65. The van der Waals surface area contributed by atoms with Gasteiger partial charge in [0, 0.05) is 11.3 Å². The Kier molecular flexibility index (Phi) is 3.83. The van der Waals surface area contributed by atoms with E-state index in [9.17, 15) is 17.6 Å². The monoisotopic (exact) mass is 285 g/mol. The van der Waals surface area contributed by atoms with Gasteiger partial charge in [-0.1, -0.05) is 6.07 Å². The van der Waals surface area contributed by atoms with Crippen molar-refractivity contribution in [3.8, 4) is 5.75 Å². The number of anilines is 1. The molecule has 0 bridgehead atoms. The van der Waals surface area contributed by atoms with E-state index < -0.39 is 17.6 Å². The Balaban J connectivity index is 2.04. The number of alkyl halides is 3. The average Bonchev–Trinajstić information content (AvgIpc) is 2.37. The van der Waals surface area contributed by atoms with Crippen LogP contribution in [0.1, 0.15) is 11.1 Å². The quantitative estimate of drug-likeness (QED) is 0.683. The van der Waals surface area contributed by atoms with Crippen LogP contribution in [0.25, 0.3) is 0 Å². The molecule has 0 fully saturated rings. The molecule has 0 heterocycles. The summed E-state index contributed by atoms with van der Waals surface area (Å²) in [7, 11) is 0. The van der Waals surface area contributed by atoms with Crippen molar-refractivity contribution < 1.29 is 22.3 Å². The molecular weight excluding hydrogens is 274 g/mol. The van der Waals surface area contributed by atoms with E-state index >= 15 is 0 Å². The molecule has 0 aromatic heterocycles. The largest absolute Gasteiger partial charge is 0.489 e. The lowest BCUT2D eigenvalue weighted by Gasteiger charge is -2.10. The second kappa shape index (κ2) is 5.40. The van der Waals surface area contributed by atoms with Crippen molar-refractivity contribution in [1.29, 1.82) is 0 Å². The van der Waals surface area contributed by atoms with E-state index in [1.54, 1.807) is 0 Å². The fourth-order valence-corrected chi connectivity index (χ4v) is 1.58. The van der Waals surface area contributed by atoms with Gasteiger partial charge >= 0.3 is 6.18 Å². The van der Waals surface area contributed by atoms with E-state index in [0.717, 1.165) is 18.2 Å². The topological polar surface area (TPSA) is 35.2 Å². The Bertz CT molecular complexity index is 593. The zero-order valence-electron chi connectivity index (χ0n) is 10.2. The highest BCUT2D eigenvalue weighted by Crippen LogP contribution is 2.30. The van der Waals surface area contributed by atoms with E-state index in [2.05, 4.69) is 0 Å². The van der Waals surface area contributed by atoms with Crippen LogP contribution >= 0.6 is 0 Å². The van der Waals surface area contributed by atoms with Crippen LogP contribution < -0.4 is 10.5 Å². The number of halogens is 4. The van der Waals surface area contributed by atoms with Crippen molar-refractivity contribution in [2.24, 2.45) is 0 Å². The summed E-state index contributed by atoms with van der Waals surface area (Å²) >= 11 is 0. The summed E-state index contributed by atoms with van der Waals surface area (Å²) in [6.07, 6.45) is -4.39. The van der Waals surface area contributed by atoms with Gasteiger partial charge < -0.3 is 10.5 Å². The lowest BCUT2D eigenvalue weighted by molar-refractivity contribution is -0.137. The summed E-state index contributed by atoms with van der Waals surface area (Å²) in [4.78, 5) is 0. The number of ether oxygens (including phenoxy) is 1. The third kappa shape index (κ3) is 3.40. The molecule has 6 heteroatoms. The first-order chi connectivity index (χ1) is 9.36. The molecular formula is C14H11F4NO. The van der Waals surface area contributed by atoms with Gasteiger partial charge in [0.15, 0.2) is 0 Å². The fourth-order valence-electron chi connectivity index (χ4n) is 1.58. The van der Waals surface area contributed by atoms with Crippen LogP contribution in [0.3, 0.4) is 0 Å². The van der Waals surface area contributed by atoms with Crippen LogP contribution in [0, 0.1) is 5.82 Å². The molecule has 0 spiro atoms. The molecule has 0 amide bonds. The Morgan fingerprint density at radius 2 is 1.65 bits per heavy atom. The average molecular weight is 285 g/mol. The van der Waals surface area contributed by atoms with Crippen molar-refractivity contribution in [3.05, 3.63) is 59.4 Å². The molecule has 2 N–H and O–H groups in total. The normalized spacial score (nSPS) is 11.4. The van der Waals surface area contributed by atoms with Crippen LogP contribution in [0.5, 0.6) is 5.75 Å². The maximum absolute atomic E-state index is 13.5. The molecule has 2 rings (SSSR count). The summed E-state index contributed by atoms with van der Waals surface area (Å²) in [5, 5.41) is 0. The molecule has 0 saturated carbocycles. The molecule has 2 nitrogen and oxygen atoms in total. The number of nitrogen functional groups attached to an aromatic ring is 1. The molecule has 0 aliphatic carbocycles. The van der Waals surface area contributed by atoms with Gasteiger partial charge in [0.25, 0.3) is 0 Å². The Hall–Kier alpha value is -2.24. The van der Waals surface area contributed by atoms with Gasteiger partial charge in [-0.3, -0.25) is 0 Å². The first-order valence-corrected chi connectivity index (χ1v) is 5.70. The minimum atomic E-state index is -4.39. The number of rotatable bonds is 3. The number of benzene rings is 2. The summed E-state index contributed by atoms with van der Waals surface area (Å²) in [6.45, 7) is -0.0858. The van der Waals surface area contributed by atoms with Gasteiger partial charge in [0.2, 0.25) is 0 Å².